The van der Waals surface area contributed by atoms with Crippen molar-refractivity contribution in [2.75, 3.05) is 12.0 Å². The van der Waals surface area contributed by atoms with Gasteiger partial charge in [-0.1, -0.05) is 24.3 Å². The Bertz CT molecular complexity index is 1050. The highest BCUT2D eigenvalue weighted by atomic mass is 16.5. The molecule has 3 aromatic rings. The SMILES string of the molecule is CCOC(=O)c1cccc(N=Cc2cc(C)n(NC(=O)c3ccccc3)c2C)c1. The van der Waals surface area contributed by atoms with Gasteiger partial charge in [0.15, 0.2) is 0 Å². The molecule has 0 saturated carbocycles. The summed E-state index contributed by atoms with van der Waals surface area (Å²) in [4.78, 5) is 28.8. The van der Waals surface area contributed by atoms with Gasteiger partial charge in [0.25, 0.3) is 5.91 Å². The van der Waals surface area contributed by atoms with Crippen LogP contribution in [-0.2, 0) is 4.74 Å². The summed E-state index contributed by atoms with van der Waals surface area (Å²) in [5, 5.41) is 0. The average Bonchev–Trinajstić information content (AvgIpc) is 3.00. The fraction of sp³-hybridized carbons (Fsp3) is 0.174. The Balaban J connectivity index is 1.79. The number of nitrogens with one attached hydrogen (secondary N) is 1. The van der Waals surface area contributed by atoms with Crippen LogP contribution >= 0.6 is 0 Å². The fourth-order valence-corrected chi connectivity index (χ4v) is 2.92. The minimum Gasteiger partial charge on any atom is -0.462 e. The summed E-state index contributed by atoms with van der Waals surface area (Å²) in [6.07, 6.45) is 1.72. The van der Waals surface area contributed by atoms with Crippen LogP contribution in [0, 0.1) is 13.8 Å². The number of benzene rings is 2. The van der Waals surface area contributed by atoms with E-state index in [1.165, 1.54) is 0 Å². The van der Waals surface area contributed by atoms with Crippen molar-refractivity contribution in [1.82, 2.24) is 4.68 Å². The summed E-state index contributed by atoms with van der Waals surface area (Å²) in [7, 11) is 0. The van der Waals surface area contributed by atoms with E-state index in [9.17, 15) is 9.59 Å². The normalized spacial score (nSPS) is 10.9. The maximum Gasteiger partial charge on any atom is 0.338 e. The minimum absolute atomic E-state index is 0.182. The van der Waals surface area contributed by atoms with Gasteiger partial charge >= 0.3 is 5.97 Å². The number of aryl methyl sites for hydroxylation is 1. The summed E-state index contributed by atoms with van der Waals surface area (Å²) in [6, 6.07) is 18.0. The number of amides is 1. The van der Waals surface area contributed by atoms with Crippen molar-refractivity contribution in [3.8, 4) is 0 Å². The van der Waals surface area contributed by atoms with Crippen LogP contribution in [0.3, 0.4) is 0 Å². The van der Waals surface area contributed by atoms with Crippen LogP contribution in [0.4, 0.5) is 5.69 Å². The van der Waals surface area contributed by atoms with Crippen molar-refractivity contribution in [1.29, 1.82) is 0 Å². The molecule has 1 amide bonds. The zero-order chi connectivity index (χ0) is 20.8. The van der Waals surface area contributed by atoms with E-state index < -0.39 is 0 Å². The Labute approximate surface area is 169 Å². The highest BCUT2D eigenvalue weighted by Gasteiger charge is 2.12. The first-order chi connectivity index (χ1) is 14.0. The first-order valence-corrected chi connectivity index (χ1v) is 9.36. The van der Waals surface area contributed by atoms with E-state index in [-0.39, 0.29) is 11.9 Å². The highest BCUT2D eigenvalue weighted by Crippen LogP contribution is 2.17. The molecule has 0 saturated heterocycles. The van der Waals surface area contributed by atoms with Crippen LogP contribution < -0.4 is 5.43 Å². The van der Waals surface area contributed by atoms with Gasteiger partial charge in [0.2, 0.25) is 0 Å². The molecule has 1 aromatic heterocycles. The van der Waals surface area contributed by atoms with Gasteiger partial charge in [-0.15, -0.1) is 0 Å². The van der Waals surface area contributed by atoms with Crippen LogP contribution in [-0.4, -0.2) is 29.4 Å². The zero-order valence-corrected chi connectivity index (χ0v) is 16.7. The molecule has 3 rings (SSSR count). The van der Waals surface area contributed by atoms with Gasteiger partial charge in [-0.2, -0.15) is 0 Å². The number of nitrogens with zero attached hydrogens (tertiary/aromatic N) is 2. The minimum atomic E-state index is -0.369. The predicted molar refractivity (Wildman–Crippen MR) is 114 cm³/mol. The van der Waals surface area contributed by atoms with Gasteiger partial charge in [0, 0.05) is 28.7 Å². The summed E-state index contributed by atoms with van der Waals surface area (Å²) in [6.45, 7) is 5.92. The maximum atomic E-state index is 12.5. The molecule has 2 aromatic carbocycles. The molecule has 0 bridgehead atoms. The number of ether oxygens (including phenoxy) is 1. The van der Waals surface area contributed by atoms with Crippen molar-refractivity contribution in [2.45, 2.75) is 20.8 Å². The lowest BCUT2D eigenvalue weighted by Gasteiger charge is -2.11. The van der Waals surface area contributed by atoms with Crippen LogP contribution in [0.25, 0.3) is 0 Å². The Morgan fingerprint density at radius 3 is 2.48 bits per heavy atom. The summed E-state index contributed by atoms with van der Waals surface area (Å²) in [5.41, 5.74) is 7.22. The first-order valence-electron chi connectivity index (χ1n) is 9.36. The average molecular weight is 389 g/mol. The van der Waals surface area contributed by atoms with E-state index in [1.54, 1.807) is 48.1 Å². The third-order valence-corrected chi connectivity index (χ3v) is 4.43. The van der Waals surface area contributed by atoms with Gasteiger partial charge in [0.1, 0.15) is 0 Å². The lowest BCUT2D eigenvalue weighted by atomic mass is 10.2. The van der Waals surface area contributed by atoms with Crippen LogP contribution in [0.5, 0.6) is 0 Å². The molecule has 0 aliphatic heterocycles. The second-order valence-electron chi connectivity index (χ2n) is 6.50. The van der Waals surface area contributed by atoms with E-state index in [0.29, 0.717) is 23.4 Å². The summed E-state index contributed by atoms with van der Waals surface area (Å²) < 4.78 is 6.76. The number of carbonyl (C=O) groups is 2. The van der Waals surface area contributed by atoms with E-state index in [4.69, 9.17) is 4.74 Å². The molecule has 6 heteroatoms. The number of aromatic nitrogens is 1. The van der Waals surface area contributed by atoms with Gasteiger partial charge in [-0.25, -0.2) is 4.79 Å². The number of esters is 1. The van der Waals surface area contributed by atoms with Crippen molar-refractivity contribution >= 4 is 23.8 Å². The second kappa shape index (κ2) is 9.01. The monoisotopic (exact) mass is 389 g/mol. The lowest BCUT2D eigenvalue weighted by molar-refractivity contribution is 0.0526. The largest absolute Gasteiger partial charge is 0.462 e. The Morgan fingerprint density at radius 1 is 1.03 bits per heavy atom. The molecule has 0 fully saturated rings. The van der Waals surface area contributed by atoms with Crippen molar-refractivity contribution in [2.24, 2.45) is 4.99 Å². The molecular weight excluding hydrogens is 366 g/mol. The van der Waals surface area contributed by atoms with Crippen LogP contribution in [0.1, 0.15) is 44.6 Å². The molecule has 1 heterocycles. The molecule has 0 atom stereocenters. The van der Waals surface area contributed by atoms with Crippen molar-refractivity contribution < 1.29 is 14.3 Å². The first kappa shape index (κ1) is 20.1. The van der Waals surface area contributed by atoms with Crippen LogP contribution in [0.15, 0.2) is 65.7 Å². The smallest absolute Gasteiger partial charge is 0.338 e. The van der Waals surface area contributed by atoms with E-state index in [2.05, 4.69) is 10.4 Å². The zero-order valence-electron chi connectivity index (χ0n) is 16.7. The van der Waals surface area contributed by atoms with Crippen LogP contribution in [0.2, 0.25) is 0 Å². The van der Waals surface area contributed by atoms with Gasteiger partial charge in [0.05, 0.1) is 17.9 Å². The van der Waals surface area contributed by atoms with E-state index in [1.807, 2.05) is 44.2 Å². The van der Waals surface area contributed by atoms with Gasteiger partial charge in [-0.3, -0.25) is 19.9 Å². The predicted octanol–water partition coefficient (Wildman–Crippen LogP) is 4.42. The summed E-state index contributed by atoms with van der Waals surface area (Å²) in [5.74, 6) is -0.552. The molecular formula is C23H23N3O3. The number of hydrogen-bond donors (Lipinski definition) is 1. The van der Waals surface area contributed by atoms with Crippen molar-refractivity contribution in [3.05, 3.63) is 88.7 Å². The molecule has 148 valence electrons. The Hall–Kier alpha value is -3.67. The standard InChI is InChI=1S/C23H23N3O3/c1-4-29-23(28)19-11-8-12-21(14-19)24-15-20-13-16(2)26(17(20)3)25-22(27)18-9-6-5-7-10-18/h5-15H,4H2,1-3H3,(H,25,27). The van der Waals surface area contributed by atoms with Gasteiger partial charge < -0.3 is 4.74 Å². The quantitative estimate of drug-likeness (QED) is 0.501. The second-order valence-corrected chi connectivity index (χ2v) is 6.50. The molecule has 0 unspecified atom stereocenters. The number of hydrogen-bond acceptors (Lipinski definition) is 4. The summed E-state index contributed by atoms with van der Waals surface area (Å²) >= 11 is 0. The van der Waals surface area contributed by atoms with E-state index >= 15 is 0 Å². The third kappa shape index (κ3) is 4.79. The molecule has 0 aliphatic carbocycles. The maximum absolute atomic E-state index is 12.5. The molecule has 0 aliphatic rings. The number of aliphatic imine (C=N–C) groups is 1. The molecule has 6 nitrogen and oxygen atoms in total. The Kier molecular flexibility index (Phi) is 6.24. The van der Waals surface area contributed by atoms with E-state index in [0.717, 1.165) is 17.0 Å². The molecule has 0 radical (unpaired) electrons. The molecule has 0 spiro atoms. The Morgan fingerprint density at radius 2 is 1.76 bits per heavy atom. The topological polar surface area (TPSA) is 72.7 Å². The lowest BCUT2D eigenvalue weighted by Crippen LogP contribution is -2.24. The molecule has 29 heavy (non-hydrogen) atoms. The van der Waals surface area contributed by atoms with Gasteiger partial charge in [-0.05, 0) is 57.2 Å². The molecule has 1 N–H and O–H groups in total. The number of carbonyl (C=O) groups excluding carboxylic acids is 2. The number of rotatable bonds is 6. The van der Waals surface area contributed by atoms with Crippen molar-refractivity contribution in [3.63, 3.8) is 0 Å². The third-order valence-electron chi connectivity index (χ3n) is 4.43. The highest BCUT2D eigenvalue weighted by molar-refractivity contribution is 6.00. The fourth-order valence-electron chi connectivity index (χ4n) is 2.92.